The SMILES string of the molecule is O=C(NCc1nnn2c1COC1(CCCN(C(=O)c3cnccn3)C1)C2)c1ccccc1. The second-order valence-corrected chi connectivity index (χ2v) is 8.08. The molecule has 1 aromatic carbocycles. The van der Waals surface area contributed by atoms with Crippen LogP contribution in [0.5, 0.6) is 0 Å². The predicted octanol–water partition coefficient (Wildman–Crippen LogP) is 1.20. The van der Waals surface area contributed by atoms with E-state index in [1.165, 1.54) is 12.4 Å². The van der Waals surface area contributed by atoms with E-state index in [-0.39, 0.29) is 18.4 Å². The number of nitrogens with one attached hydrogen (secondary N) is 1. The highest BCUT2D eigenvalue weighted by Crippen LogP contribution is 2.32. The summed E-state index contributed by atoms with van der Waals surface area (Å²) in [4.78, 5) is 35.1. The summed E-state index contributed by atoms with van der Waals surface area (Å²) in [5.41, 5.74) is 1.95. The number of benzene rings is 1. The zero-order chi connectivity index (χ0) is 22.0. The van der Waals surface area contributed by atoms with Crippen LogP contribution < -0.4 is 5.32 Å². The topological polar surface area (TPSA) is 115 Å². The van der Waals surface area contributed by atoms with Crippen molar-refractivity contribution in [1.82, 2.24) is 35.2 Å². The van der Waals surface area contributed by atoms with Gasteiger partial charge in [0.05, 0.1) is 38.1 Å². The van der Waals surface area contributed by atoms with Crippen molar-refractivity contribution < 1.29 is 14.3 Å². The molecule has 32 heavy (non-hydrogen) atoms. The van der Waals surface area contributed by atoms with Gasteiger partial charge < -0.3 is 15.0 Å². The zero-order valence-electron chi connectivity index (χ0n) is 17.5. The first kappa shape index (κ1) is 20.3. The Bertz CT molecular complexity index is 1120. The summed E-state index contributed by atoms with van der Waals surface area (Å²) in [6.07, 6.45) is 6.21. The van der Waals surface area contributed by atoms with E-state index in [9.17, 15) is 9.59 Å². The molecular formula is C22H23N7O3. The summed E-state index contributed by atoms with van der Waals surface area (Å²) in [7, 11) is 0. The summed E-state index contributed by atoms with van der Waals surface area (Å²) in [6.45, 7) is 2.23. The van der Waals surface area contributed by atoms with Gasteiger partial charge in [-0.25, -0.2) is 9.67 Å². The van der Waals surface area contributed by atoms with Crippen LogP contribution in [0.2, 0.25) is 0 Å². The van der Waals surface area contributed by atoms with Gasteiger partial charge in [-0.1, -0.05) is 23.4 Å². The number of fused-ring (bicyclic) bond motifs is 1. The van der Waals surface area contributed by atoms with Crippen LogP contribution in [-0.2, 0) is 24.4 Å². The van der Waals surface area contributed by atoms with Crippen LogP contribution in [0.1, 0.15) is 45.1 Å². The van der Waals surface area contributed by atoms with Gasteiger partial charge in [-0.05, 0) is 25.0 Å². The predicted molar refractivity (Wildman–Crippen MR) is 112 cm³/mol. The molecule has 5 rings (SSSR count). The Balaban J connectivity index is 1.25. The van der Waals surface area contributed by atoms with E-state index >= 15 is 0 Å². The molecule has 0 bridgehead atoms. The average molecular weight is 433 g/mol. The minimum Gasteiger partial charge on any atom is -0.365 e. The highest BCUT2D eigenvalue weighted by molar-refractivity contribution is 5.94. The first-order valence-electron chi connectivity index (χ1n) is 10.6. The molecule has 0 saturated carbocycles. The van der Waals surface area contributed by atoms with Crippen LogP contribution in [0.4, 0.5) is 0 Å². The monoisotopic (exact) mass is 433 g/mol. The van der Waals surface area contributed by atoms with Crippen molar-refractivity contribution in [3.63, 3.8) is 0 Å². The molecule has 1 spiro atoms. The Kier molecular flexibility index (Phi) is 5.36. The Morgan fingerprint density at radius 3 is 2.84 bits per heavy atom. The molecule has 2 aliphatic rings. The van der Waals surface area contributed by atoms with Crippen LogP contribution in [0, 0.1) is 0 Å². The number of aromatic nitrogens is 5. The van der Waals surface area contributed by atoms with Crippen LogP contribution in [-0.4, -0.2) is 60.4 Å². The molecule has 1 N–H and O–H groups in total. The van der Waals surface area contributed by atoms with Crippen molar-refractivity contribution in [3.8, 4) is 0 Å². The Hall–Kier alpha value is -3.66. The normalized spacial score (nSPS) is 20.1. The summed E-state index contributed by atoms with van der Waals surface area (Å²) in [5, 5.41) is 11.4. The van der Waals surface area contributed by atoms with Crippen molar-refractivity contribution in [3.05, 3.63) is 71.6 Å². The molecule has 10 heteroatoms. The molecule has 0 radical (unpaired) electrons. The first-order chi connectivity index (χ1) is 15.6. The summed E-state index contributed by atoms with van der Waals surface area (Å²) in [6, 6.07) is 9.04. The molecule has 3 aromatic rings. The number of amides is 2. The third kappa shape index (κ3) is 3.96. The molecule has 2 aliphatic heterocycles. The number of carbonyl (C=O) groups is 2. The minimum atomic E-state index is -0.513. The van der Waals surface area contributed by atoms with Crippen molar-refractivity contribution in [2.24, 2.45) is 0 Å². The second kappa shape index (κ2) is 8.46. The van der Waals surface area contributed by atoms with E-state index in [1.807, 2.05) is 22.9 Å². The lowest BCUT2D eigenvalue weighted by Crippen LogP contribution is -2.55. The molecule has 2 aromatic heterocycles. The van der Waals surface area contributed by atoms with Gasteiger partial charge in [-0.3, -0.25) is 14.6 Å². The van der Waals surface area contributed by atoms with Gasteiger partial charge >= 0.3 is 0 Å². The molecular weight excluding hydrogens is 410 g/mol. The quantitative estimate of drug-likeness (QED) is 0.657. The smallest absolute Gasteiger partial charge is 0.274 e. The fourth-order valence-corrected chi connectivity index (χ4v) is 4.28. The van der Waals surface area contributed by atoms with Gasteiger partial charge in [0.25, 0.3) is 11.8 Å². The van der Waals surface area contributed by atoms with Crippen molar-refractivity contribution >= 4 is 11.8 Å². The van der Waals surface area contributed by atoms with Crippen LogP contribution in [0.25, 0.3) is 0 Å². The van der Waals surface area contributed by atoms with E-state index in [2.05, 4.69) is 25.6 Å². The van der Waals surface area contributed by atoms with Crippen molar-refractivity contribution in [2.75, 3.05) is 13.1 Å². The zero-order valence-corrected chi connectivity index (χ0v) is 17.5. The lowest BCUT2D eigenvalue weighted by molar-refractivity contribution is -0.122. The third-order valence-electron chi connectivity index (χ3n) is 5.93. The van der Waals surface area contributed by atoms with Crippen LogP contribution in [0.3, 0.4) is 0 Å². The molecule has 164 valence electrons. The largest absolute Gasteiger partial charge is 0.365 e. The van der Waals surface area contributed by atoms with E-state index < -0.39 is 5.60 Å². The minimum absolute atomic E-state index is 0.144. The molecule has 1 atom stereocenters. The molecule has 0 aliphatic carbocycles. The fourth-order valence-electron chi connectivity index (χ4n) is 4.28. The number of hydrogen-bond donors (Lipinski definition) is 1. The Morgan fingerprint density at radius 1 is 1.16 bits per heavy atom. The molecule has 2 amide bonds. The Labute approximate surface area is 184 Å². The van der Waals surface area contributed by atoms with Gasteiger partial charge in [-0.15, -0.1) is 5.10 Å². The lowest BCUT2D eigenvalue weighted by Gasteiger charge is -2.44. The number of piperidine rings is 1. The Morgan fingerprint density at radius 2 is 2.03 bits per heavy atom. The fraction of sp³-hybridized carbons (Fsp3) is 0.364. The molecule has 1 saturated heterocycles. The van der Waals surface area contributed by atoms with Crippen LogP contribution >= 0.6 is 0 Å². The van der Waals surface area contributed by atoms with Gasteiger partial charge in [0.1, 0.15) is 17.0 Å². The van der Waals surface area contributed by atoms with E-state index in [0.717, 1.165) is 18.5 Å². The second-order valence-electron chi connectivity index (χ2n) is 8.08. The molecule has 4 heterocycles. The van der Waals surface area contributed by atoms with Gasteiger partial charge in [-0.2, -0.15) is 0 Å². The lowest BCUT2D eigenvalue weighted by atomic mass is 9.91. The van der Waals surface area contributed by atoms with Crippen molar-refractivity contribution in [2.45, 2.75) is 38.1 Å². The number of hydrogen-bond acceptors (Lipinski definition) is 7. The number of rotatable bonds is 4. The highest BCUT2D eigenvalue weighted by Gasteiger charge is 2.42. The first-order valence-corrected chi connectivity index (χ1v) is 10.6. The third-order valence-corrected chi connectivity index (χ3v) is 5.93. The standard InChI is InChI=1S/C22H23N7O3/c30-20(16-5-2-1-3-6-16)25-12-17-19-13-32-22(15-29(19)27-26-17)7-4-10-28(14-22)21(31)18-11-23-8-9-24-18/h1-3,5-6,8-9,11H,4,7,10,12-15H2,(H,25,30). The van der Waals surface area contributed by atoms with E-state index in [4.69, 9.17) is 4.74 Å². The maximum absolute atomic E-state index is 12.8. The molecule has 10 nitrogen and oxygen atoms in total. The molecule has 1 fully saturated rings. The summed E-state index contributed by atoms with van der Waals surface area (Å²) < 4.78 is 8.13. The number of ether oxygens (including phenoxy) is 1. The van der Waals surface area contributed by atoms with Crippen molar-refractivity contribution in [1.29, 1.82) is 0 Å². The van der Waals surface area contributed by atoms with Gasteiger partial charge in [0.15, 0.2) is 0 Å². The van der Waals surface area contributed by atoms with E-state index in [0.29, 0.717) is 43.2 Å². The summed E-state index contributed by atoms with van der Waals surface area (Å²) in [5.74, 6) is -0.305. The molecule has 1 unspecified atom stereocenters. The average Bonchev–Trinajstić information content (AvgIpc) is 3.24. The van der Waals surface area contributed by atoms with Crippen LogP contribution in [0.15, 0.2) is 48.9 Å². The number of carbonyl (C=O) groups excluding carboxylic acids is 2. The van der Waals surface area contributed by atoms with Gasteiger partial charge in [0.2, 0.25) is 0 Å². The number of nitrogens with zero attached hydrogens (tertiary/aromatic N) is 6. The van der Waals surface area contributed by atoms with Gasteiger partial charge in [0, 0.05) is 24.5 Å². The summed E-state index contributed by atoms with van der Waals surface area (Å²) >= 11 is 0. The maximum Gasteiger partial charge on any atom is 0.274 e. The number of likely N-dealkylation sites (tertiary alicyclic amines) is 1. The highest BCUT2D eigenvalue weighted by atomic mass is 16.5. The maximum atomic E-state index is 12.8. The van der Waals surface area contributed by atoms with E-state index in [1.54, 1.807) is 23.2 Å².